The van der Waals surface area contributed by atoms with Gasteiger partial charge >= 0.3 is 0 Å². The summed E-state index contributed by atoms with van der Waals surface area (Å²) < 4.78 is 7.79. The zero-order valence-corrected chi connectivity index (χ0v) is 15.2. The normalized spacial score (nSPS) is 17.3. The summed E-state index contributed by atoms with van der Waals surface area (Å²) in [5.74, 6) is 1.04. The summed E-state index contributed by atoms with van der Waals surface area (Å²) in [6, 6.07) is 10.8. The molecule has 1 aromatic carbocycles. The average Bonchev–Trinajstić information content (AvgIpc) is 3.02. The number of aromatic nitrogens is 2. The first kappa shape index (κ1) is 17.6. The fourth-order valence-corrected chi connectivity index (χ4v) is 3.13. The first-order chi connectivity index (χ1) is 12.1. The van der Waals surface area contributed by atoms with Crippen molar-refractivity contribution in [3.63, 3.8) is 0 Å². The van der Waals surface area contributed by atoms with Crippen LogP contribution >= 0.6 is 0 Å². The standard InChI is InChI=1S/C19H26N4O2/c1-15-19-20-11-17(13-25-14-18(24)21(2)3)23(19)10-9-22(15)12-16-7-5-4-6-8-16/h4-8,11,15H,9-10,12-14H2,1-3H3/t15-/m1/s1. The van der Waals surface area contributed by atoms with Crippen LogP contribution in [-0.2, 0) is 29.2 Å². The SMILES string of the molecule is C[C@@H]1c2ncc(COCC(=O)N(C)C)n2CCN1Cc1ccccc1. The van der Waals surface area contributed by atoms with Gasteiger partial charge in [-0.15, -0.1) is 0 Å². The van der Waals surface area contributed by atoms with Crippen LogP contribution in [0.25, 0.3) is 0 Å². The first-order valence-electron chi connectivity index (χ1n) is 8.66. The Hall–Kier alpha value is -2.18. The predicted molar refractivity (Wildman–Crippen MR) is 95.8 cm³/mol. The fourth-order valence-electron chi connectivity index (χ4n) is 3.13. The van der Waals surface area contributed by atoms with E-state index in [1.54, 1.807) is 14.1 Å². The van der Waals surface area contributed by atoms with Gasteiger partial charge in [0.25, 0.3) is 0 Å². The van der Waals surface area contributed by atoms with E-state index in [2.05, 4.69) is 45.6 Å². The number of imidazole rings is 1. The molecule has 1 aliphatic heterocycles. The lowest BCUT2D eigenvalue weighted by Crippen LogP contribution is -2.37. The molecule has 0 spiro atoms. The van der Waals surface area contributed by atoms with Crippen molar-refractivity contribution < 1.29 is 9.53 Å². The number of rotatable bonds is 6. The maximum atomic E-state index is 11.6. The lowest BCUT2D eigenvalue weighted by Gasteiger charge is -2.34. The van der Waals surface area contributed by atoms with Crippen LogP contribution in [0, 0.1) is 0 Å². The Balaban J connectivity index is 1.62. The van der Waals surface area contributed by atoms with Crippen molar-refractivity contribution in [2.45, 2.75) is 32.7 Å². The molecule has 1 amide bonds. The van der Waals surface area contributed by atoms with E-state index in [1.807, 2.05) is 12.3 Å². The summed E-state index contributed by atoms with van der Waals surface area (Å²) in [7, 11) is 3.46. The molecule has 6 nitrogen and oxygen atoms in total. The number of nitrogens with zero attached hydrogens (tertiary/aromatic N) is 4. The minimum Gasteiger partial charge on any atom is -0.365 e. The second kappa shape index (κ2) is 7.80. The van der Waals surface area contributed by atoms with Gasteiger partial charge < -0.3 is 14.2 Å². The second-order valence-electron chi connectivity index (χ2n) is 6.67. The van der Waals surface area contributed by atoms with Crippen LogP contribution in [0.1, 0.15) is 30.0 Å². The zero-order chi connectivity index (χ0) is 17.8. The third-order valence-corrected chi connectivity index (χ3v) is 4.70. The predicted octanol–water partition coefficient (Wildman–Crippen LogP) is 2.06. The third kappa shape index (κ3) is 4.08. The maximum Gasteiger partial charge on any atom is 0.248 e. The van der Waals surface area contributed by atoms with E-state index < -0.39 is 0 Å². The molecule has 0 unspecified atom stereocenters. The fraction of sp³-hybridized carbons (Fsp3) is 0.474. The highest BCUT2D eigenvalue weighted by Gasteiger charge is 2.27. The highest BCUT2D eigenvalue weighted by Crippen LogP contribution is 2.27. The maximum absolute atomic E-state index is 11.6. The smallest absolute Gasteiger partial charge is 0.248 e. The van der Waals surface area contributed by atoms with Gasteiger partial charge in [0.15, 0.2) is 0 Å². The summed E-state index contributed by atoms with van der Waals surface area (Å²) >= 11 is 0. The number of likely N-dealkylation sites (N-methyl/N-ethyl adjacent to an activating group) is 1. The number of fused-ring (bicyclic) bond motifs is 1. The topological polar surface area (TPSA) is 50.6 Å². The van der Waals surface area contributed by atoms with E-state index in [9.17, 15) is 4.79 Å². The minimum absolute atomic E-state index is 0.0270. The number of hydrogen-bond acceptors (Lipinski definition) is 4. The molecule has 1 atom stereocenters. The number of benzene rings is 1. The van der Waals surface area contributed by atoms with Crippen molar-refractivity contribution in [3.8, 4) is 0 Å². The Kier molecular flexibility index (Phi) is 5.50. The average molecular weight is 342 g/mol. The number of carbonyl (C=O) groups excluding carboxylic acids is 1. The molecule has 0 saturated heterocycles. The Bertz CT molecular complexity index is 711. The van der Waals surface area contributed by atoms with Crippen molar-refractivity contribution in [2.24, 2.45) is 0 Å². The van der Waals surface area contributed by atoms with Gasteiger partial charge in [-0.1, -0.05) is 30.3 Å². The van der Waals surface area contributed by atoms with Crippen LogP contribution in [0.5, 0.6) is 0 Å². The van der Waals surface area contributed by atoms with E-state index in [0.717, 1.165) is 31.2 Å². The van der Waals surface area contributed by atoms with Crippen molar-refractivity contribution in [1.29, 1.82) is 0 Å². The monoisotopic (exact) mass is 342 g/mol. The van der Waals surface area contributed by atoms with Gasteiger partial charge in [-0.05, 0) is 12.5 Å². The van der Waals surface area contributed by atoms with Crippen LogP contribution in [0.3, 0.4) is 0 Å². The van der Waals surface area contributed by atoms with Gasteiger partial charge in [0.2, 0.25) is 5.91 Å². The number of amides is 1. The van der Waals surface area contributed by atoms with Crippen molar-refractivity contribution >= 4 is 5.91 Å². The molecule has 0 fully saturated rings. The van der Waals surface area contributed by atoms with E-state index in [4.69, 9.17) is 4.74 Å². The molecule has 0 aliphatic carbocycles. The molecule has 1 aromatic heterocycles. The Morgan fingerprint density at radius 2 is 2.04 bits per heavy atom. The minimum atomic E-state index is -0.0270. The van der Waals surface area contributed by atoms with Gasteiger partial charge in [0.1, 0.15) is 12.4 Å². The van der Waals surface area contributed by atoms with Crippen LogP contribution in [0.2, 0.25) is 0 Å². The van der Waals surface area contributed by atoms with Gasteiger partial charge in [-0.25, -0.2) is 4.98 Å². The third-order valence-electron chi connectivity index (χ3n) is 4.70. The molecule has 0 N–H and O–H groups in total. The summed E-state index contributed by atoms with van der Waals surface area (Å²) in [5, 5.41) is 0. The summed E-state index contributed by atoms with van der Waals surface area (Å²) in [6.45, 7) is 5.51. The van der Waals surface area contributed by atoms with Crippen molar-refractivity contribution in [1.82, 2.24) is 19.4 Å². The molecule has 1 aliphatic rings. The van der Waals surface area contributed by atoms with Crippen molar-refractivity contribution in [3.05, 3.63) is 53.6 Å². The summed E-state index contributed by atoms with van der Waals surface area (Å²) in [4.78, 5) is 20.2. The largest absolute Gasteiger partial charge is 0.365 e. The van der Waals surface area contributed by atoms with Crippen LogP contribution < -0.4 is 0 Å². The first-order valence-corrected chi connectivity index (χ1v) is 8.66. The van der Waals surface area contributed by atoms with Gasteiger partial charge in [-0.3, -0.25) is 9.69 Å². The molecular weight excluding hydrogens is 316 g/mol. The number of ether oxygens (including phenoxy) is 1. The van der Waals surface area contributed by atoms with E-state index in [0.29, 0.717) is 6.61 Å². The highest BCUT2D eigenvalue weighted by atomic mass is 16.5. The van der Waals surface area contributed by atoms with Crippen LogP contribution in [0.4, 0.5) is 0 Å². The molecule has 0 bridgehead atoms. The van der Waals surface area contributed by atoms with E-state index >= 15 is 0 Å². The van der Waals surface area contributed by atoms with Crippen LogP contribution in [-0.4, -0.2) is 52.5 Å². The molecule has 0 radical (unpaired) electrons. The summed E-state index contributed by atoms with van der Waals surface area (Å²) in [5.41, 5.74) is 2.35. The molecule has 3 rings (SSSR count). The van der Waals surface area contributed by atoms with Gasteiger partial charge in [0, 0.05) is 33.7 Å². The zero-order valence-electron chi connectivity index (χ0n) is 15.2. The molecule has 0 saturated carbocycles. The van der Waals surface area contributed by atoms with Gasteiger partial charge in [-0.2, -0.15) is 0 Å². The molecule has 2 aromatic rings. The van der Waals surface area contributed by atoms with Crippen molar-refractivity contribution in [2.75, 3.05) is 27.2 Å². The Morgan fingerprint density at radius 1 is 1.28 bits per heavy atom. The summed E-state index contributed by atoms with van der Waals surface area (Å²) in [6.07, 6.45) is 1.87. The lowest BCUT2D eigenvalue weighted by molar-refractivity contribution is -0.134. The molecule has 2 heterocycles. The second-order valence-corrected chi connectivity index (χ2v) is 6.67. The molecular formula is C19H26N4O2. The van der Waals surface area contributed by atoms with Crippen LogP contribution in [0.15, 0.2) is 36.5 Å². The molecule has 6 heteroatoms. The molecule has 134 valence electrons. The lowest BCUT2D eigenvalue weighted by atomic mass is 10.1. The van der Waals surface area contributed by atoms with E-state index in [1.165, 1.54) is 10.5 Å². The number of carbonyl (C=O) groups is 1. The van der Waals surface area contributed by atoms with Gasteiger partial charge in [0.05, 0.1) is 24.5 Å². The molecule has 25 heavy (non-hydrogen) atoms. The highest BCUT2D eigenvalue weighted by molar-refractivity contribution is 5.76. The quantitative estimate of drug-likeness (QED) is 0.806. The number of hydrogen-bond donors (Lipinski definition) is 0. The van der Waals surface area contributed by atoms with E-state index in [-0.39, 0.29) is 18.6 Å². The Morgan fingerprint density at radius 3 is 2.76 bits per heavy atom. The Labute approximate surface area is 149 Å².